The van der Waals surface area contributed by atoms with Crippen LogP contribution < -0.4 is 4.57 Å². The molecule has 36 heavy (non-hydrogen) atoms. The third-order valence-corrected chi connectivity index (χ3v) is 9.00. The highest BCUT2D eigenvalue weighted by atomic mass is 16.3. The van der Waals surface area contributed by atoms with E-state index in [1.807, 2.05) is 0 Å². The zero-order valence-corrected chi connectivity index (χ0v) is 21.4. The topological polar surface area (TPSA) is 17.0 Å². The Hall–Kier alpha value is -3.39. The lowest BCUT2D eigenvalue weighted by Gasteiger charge is -2.31. The van der Waals surface area contributed by atoms with Crippen molar-refractivity contribution in [2.24, 2.45) is 13.0 Å². The summed E-state index contributed by atoms with van der Waals surface area (Å²) in [6.45, 7) is 2.19. The van der Waals surface area contributed by atoms with Crippen LogP contribution in [0.4, 0.5) is 0 Å². The minimum absolute atomic E-state index is 0.735. The van der Waals surface area contributed by atoms with E-state index in [0.717, 1.165) is 23.0 Å². The van der Waals surface area contributed by atoms with Crippen molar-refractivity contribution in [2.75, 3.05) is 0 Å². The average molecular weight is 473 g/mol. The number of aromatic nitrogens is 1. The molecule has 1 atom stereocenters. The second kappa shape index (κ2) is 8.62. The van der Waals surface area contributed by atoms with E-state index in [1.165, 1.54) is 83.7 Å². The Kier molecular flexibility index (Phi) is 5.23. The van der Waals surface area contributed by atoms with E-state index in [0.29, 0.717) is 0 Å². The van der Waals surface area contributed by atoms with Gasteiger partial charge >= 0.3 is 0 Å². The molecule has 0 amide bonds. The minimum atomic E-state index is 0.735. The molecule has 3 aromatic carbocycles. The number of furan rings is 1. The molecule has 0 saturated heterocycles. The Morgan fingerprint density at radius 3 is 2.42 bits per heavy atom. The van der Waals surface area contributed by atoms with Crippen LogP contribution in [0.2, 0.25) is 0 Å². The van der Waals surface area contributed by atoms with Gasteiger partial charge < -0.3 is 4.42 Å². The molecule has 180 valence electrons. The van der Waals surface area contributed by atoms with E-state index in [2.05, 4.69) is 91.5 Å². The first-order chi connectivity index (χ1) is 17.7. The molecule has 2 heterocycles. The van der Waals surface area contributed by atoms with Crippen LogP contribution >= 0.6 is 0 Å². The van der Waals surface area contributed by atoms with Crippen LogP contribution in [0.5, 0.6) is 0 Å². The maximum atomic E-state index is 6.86. The number of aryl methyl sites for hydroxylation is 2. The third kappa shape index (κ3) is 3.34. The molecule has 1 fully saturated rings. The van der Waals surface area contributed by atoms with Gasteiger partial charge in [0.05, 0.1) is 5.56 Å². The predicted molar refractivity (Wildman–Crippen MR) is 148 cm³/mol. The zero-order valence-electron chi connectivity index (χ0n) is 21.4. The molecule has 0 spiro atoms. The summed E-state index contributed by atoms with van der Waals surface area (Å²) < 4.78 is 9.05. The molecule has 2 nitrogen and oxygen atoms in total. The summed E-state index contributed by atoms with van der Waals surface area (Å²) in [6, 6.07) is 24.6. The summed E-state index contributed by atoms with van der Waals surface area (Å²) in [6.07, 6.45) is 11.6. The van der Waals surface area contributed by atoms with E-state index in [4.69, 9.17) is 4.42 Å². The van der Waals surface area contributed by atoms with Gasteiger partial charge in [-0.1, -0.05) is 61.4 Å². The molecule has 0 aliphatic heterocycles. The molecule has 0 bridgehead atoms. The zero-order chi connectivity index (χ0) is 24.2. The fourth-order valence-corrected chi connectivity index (χ4v) is 7.26. The Morgan fingerprint density at radius 1 is 0.750 bits per heavy atom. The van der Waals surface area contributed by atoms with Crippen LogP contribution in [0, 0.1) is 12.8 Å². The smallest absolute Gasteiger partial charge is 0.216 e. The average Bonchev–Trinajstić information content (AvgIpc) is 3.57. The van der Waals surface area contributed by atoms with Gasteiger partial charge in [0, 0.05) is 28.5 Å². The Balaban J connectivity index is 1.45. The fraction of sp³-hybridized carbons (Fsp3) is 0.324. The van der Waals surface area contributed by atoms with Crippen molar-refractivity contribution in [1.29, 1.82) is 0 Å². The molecule has 2 heteroatoms. The van der Waals surface area contributed by atoms with Crippen molar-refractivity contribution in [1.82, 2.24) is 0 Å². The van der Waals surface area contributed by atoms with Crippen molar-refractivity contribution in [3.8, 4) is 22.4 Å². The number of rotatable bonds is 3. The predicted octanol–water partition coefficient (Wildman–Crippen LogP) is 8.66. The number of hydrogen-bond donors (Lipinski definition) is 0. The molecule has 2 aliphatic carbocycles. The number of fused-ring (bicyclic) bond motifs is 4. The highest BCUT2D eigenvalue weighted by molar-refractivity contribution is 6.13. The quantitative estimate of drug-likeness (QED) is 0.240. The number of nitrogens with zero attached hydrogens (tertiary/aromatic N) is 1. The minimum Gasteiger partial charge on any atom is -0.454 e. The highest BCUT2D eigenvalue weighted by Crippen LogP contribution is 2.47. The van der Waals surface area contributed by atoms with Gasteiger partial charge in [-0.05, 0) is 79.2 Å². The number of benzene rings is 3. The fourth-order valence-electron chi connectivity index (χ4n) is 7.26. The van der Waals surface area contributed by atoms with Crippen molar-refractivity contribution in [3.63, 3.8) is 0 Å². The van der Waals surface area contributed by atoms with Gasteiger partial charge in [0.25, 0.3) is 0 Å². The third-order valence-electron chi connectivity index (χ3n) is 9.00. The maximum absolute atomic E-state index is 6.86. The second-order valence-electron chi connectivity index (χ2n) is 11.0. The number of para-hydroxylation sites is 1. The van der Waals surface area contributed by atoms with Crippen LogP contribution in [0.1, 0.15) is 61.1 Å². The van der Waals surface area contributed by atoms with Gasteiger partial charge in [-0.15, -0.1) is 0 Å². The van der Waals surface area contributed by atoms with Crippen LogP contribution in [-0.2, 0) is 13.5 Å². The molecule has 5 aromatic rings. The van der Waals surface area contributed by atoms with Crippen LogP contribution in [0.25, 0.3) is 44.3 Å². The molecule has 1 saturated carbocycles. The lowest BCUT2D eigenvalue weighted by Crippen LogP contribution is -2.30. The first kappa shape index (κ1) is 21.9. The van der Waals surface area contributed by atoms with Crippen molar-refractivity contribution in [2.45, 2.75) is 57.8 Å². The molecule has 2 aromatic heterocycles. The summed E-state index contributed by atoms with van der Waals surface area (Å²) in [5, 5.41) is 2.41. The van der Waals surface area contributed by atoms with Crippen LogP contribution in [0.3, 0.4) is 0 Å². The molecule has 2 aliphatic rings. The van der Waals surface area contributed by atoms with Gasteiger partial charge in [0.1, 0.15) is 18.2 Å². The van der Waals surface area contributed by atoms with Crippen molar-refractivity contribution in [3.05, 3.63) is 89.6 Å². The van der Waals surface area contributed by atoms with Gasteiger partial charge in [0.2, 0.25) is 5.69 Å². The summed E-state index contributed by atoms with van der Waals surface area (Å²) in [5.74, 6) is 1.61. The molecule has 1 unspecified atom stereocenters. The molecule has 7 rings (SSSR count). The monoisotopic (exact) mass is 472 g/mol. The molecular formula is C34H34NO+. The first-order valence-corrected chi connectivity index (χ1v) is 13.7. The summed E-state index contributed by atoms with van der Waals surface area (Å²) in [4.78, 5) is 0. The first-order valence-electron chi connectivity index (χ1n) is 13.7. The SMILES string of the molecule is Cc1ccc2c(oc3c(-c4cccc5c4CCCC5C4CCCC4)cccc32)c1-c1cccc[n+]1C. The highest BCUT2D eigenvalue weighted by Gasteiger charge is 2.31. The Morgan fingerprint density at radius 2 is 1.56 bits per heavy atom. The van der Waals surface area contributed by atoms with E-state index in [9.17, 15) is 0 Å². The maximum Gasteiger partial charge on any atom is 0.216 e. The Labute approximate surface area is 213 Å². The Bertz CT molecular complexity index is 1600. The van der Waals surface area contributed by atoms with E-state index >= 15 is 0 Å². The summed E-state index contributed by atoms with van der Waals surface area (Å²) in [7, 11) is 2.11. The molecule has 0 N–H and O–H groups in total. The lowest BCUT2D eigenvalue weighted by atomic mass is 9.73. The molecule has 0 radical (unpaired) electrons. The van der Waals surface area contributed by atoms with E-state index < -0.39 is 0 Å². The van der Waals surface area contributed by atoms with Gasteiger partial charge in [-0.3, -0.25) is 0 Å². The van der Waals surface area contributed by atoms with Gasteiger partial charge in [-0.2, -0.15) is 0 Å². The van der Waals surface area contributed by atoms with Gasteiger partial charge in [0.15, 0.2) is 6.20 Å². The van der Waals surface area contributed by atoms with Crippen molar-refractivity contribution < 1.29 is 8.98 Å². The largest absolute Gasteiger partial charge is 0.454 e. The van der Waals surface area contributed by atoms with E-state index in [1.54, 1.807) is 11.1 Å². The number of pyridine rings is 1. The second-order valence-corrected chi connectivity index (χ2v) is 11.0. The number of hydrogen-bond acceptors (Lipinski definition) is 1. The van der Waals surface area contributed by atoms with Crippen LogP contribution in [-0.4, -0.2) is 0 Å². The molecular weight excluding hydrogens is 438 g/mol. The van der Waals surface area contributed by atoms with E-state index in [-0.39, 0.29) is 0 Å². The van der Waals surface area contributed by atoms with Crippen molar-refractivity contribution >= 4 is 21.9 Å². The summed E-state index contributed by atoms with van der Waals surface area (Å²) >= 11 is 0. The summed E-state index contributed by atoms with van der Waals surface area (Å²) in [5.41, 5.74) is 11.4. The normalized spacial score (nSPS) is 18.2. The van der Waals surface area contributed by atoms with Gasteiger partial charge in [-0.25, -0.2) is 4.57 Å². The standard InChI is InChI=1S/C34H34NO/c1-22-19-20-30-29-17-9-16-28(33(29)36-34(30)32(22)31-18-5-6-21-35(31)2)27-15-8-13-25-24(12-7-14-26(25)27)23-10-3-4-11-23/h5-6,8-9,13,15-21,23-24H,3-4,7,10-12,14H2,1-2H3/q+1. The lowest BCUT2D eigenvalue weighted by molar-refractivity contribution is -0.660. The van der Waals surface area contributed by atoms with Crippen LogP contribution in [0.15, 0.2) is 77.3 Å².